The normalized spacial score (nSPS) is 25.6. The van der Waals surface area contributed by atoms with E-state index in [2.05, 4.69) is 10.6 Å². The van der Waals surface area contributed by atoms with Crippen LogP contribution in [0.15, 0.2) is 18.2 Å². The summed E-state index contributed by atoms with van der Waals surface area (Å²) in [5, 5.41) is 16.4. The molecule has 47 heavy (non-hydrogen) atoms. The largest absolute Gasteiger partial charge is 0.478 e. The van der Waals surface area contributed by atoms with Crippen LogP contribution in [0, 0.1) is 17.2 Å². The zero-order valence-corrected chi connectivity index (χ0v) is 27.8. The Hall–Kier alpha value is -3.39. The number of ether oxygens (including phenoxy) is 2. The highest BCUT2D eigenvalue weighted by molar-refractivity contribution is 6.45. The van der Waals surface area contributed by atoms with Gasteiger partial charge in [-0.1, -0.05) is 46.2 Å². The number of alkyl carbamates (subject to hydrolysis) is 1. The van der Waals surface area contributed by atoms with Crippen molar-refractivity contribution in [3.05, 3.63) is 35.1 Å². The lowest BCUT2D eigenvalue weighted by atomic mass is 9.69. The molecule has 0 spiro atoms. The maximum atomic E-state index is 14.4. The van der Waals surface area contributed by atoms with Crippen molar-refractivity contribution in [2.24, 2.45) is 11.3 Å². The summed E-state index contributed by atoms with van der Waals surface area (Å²) in [5.74, 6) is -2.15. The predicted octanol–water partition coefficient (Wildman–Crippen LogP) is 3.67. The van der Waals surface area contributed by atoms with Crippen molar-refractivity contribution in [3.8, 4) is 0 Å². The number of amides is 4. The first kappa shape index (κ1) is 34.9. The van der Waals surface area contributed by atoms with Crippen LogP contribution in [0.25, 0.3) is 0 Å². The minimum absolute atomic E-state index is 0.00229. The Labute approximate surface area is 276 Å². The monoisotopic (exact) mass is 658 g/mol. The van der Waals surface area contributed by atoms with E-state index in [-0.39, 0.29) is 38.1 Å². The van der Waals surface area contributed by atoms with Crippen LogP contribution in [0.3, 0.4) is 0 Å². The zero-order chi connectivity index (χ0) is 33.9. The van der Waals surface area contributed by atoms with Gasteiger partial charge in [0.15, 0.2) is 0 Å². The van der Waals surface area contributed by atoms with Gasteiger partial charge in [0.05, 0.1) is 19.0 Å². The Morgan fingerprint density at radius 1 is 1.09 bits per heavy atom. The number of carbonyl (C=O) groups excluding carboxylic acids is 4. The number of benzene rings is 1. The highest BCUT2D eigenvalue weighted by Gasteiger charge is 2.48. The van der Waals surface area contributed by atoms with Crippen LogP contribution >= 0.6 is 0 Å². The fourth-order valence-electron chi connectivity index (χ4n) is 7.20. The molecular formula is C33H48BFN4O8. The number of nitrogens with one attached hydrogen (secondary N) is 2. The van der Waals surface area contributed by atoms with E-state index >= 15 is 0 Å². The highest BCUT2D eigenvalue weighted by Crippen LogP contribution is 2.31. The summed E-state index contributed by atoms with van der Waals surface area (Å²) >= 11 is 0. The zero-order valence-electron chi connectivity index (χ0n) is 27.8. The molecule has 12 nitrogen and oxygen atoms in total. The molecule has 5 atom stereocenters. The van der Waals surface area contributed by atoms with Gasteiger partial charge in [0.1, 0.15) is 30.1 Å². The van der Waals surface area contributed by atoms with Gasteiger partial charge in [-0.25, -0.2) is 14.0 Å². The lowest BCUT2D eigenvalue weighted by Crippen LogP contribution is -2.60. The molecule has 3 N–H and O–H groups in total. The molecule has 1 unspecified atom stereocenters. The molecule has 0 radical (unpaired) electrons. The second-order valence-corrected chi connectivity index (χ2v) is 14.3. The number of rotatable bonds is 7. The lowest BCUT2D eigenvalue weighted by molar-refractivity contribution is -0.142. The van der Waals surface area contributed by atoms with E-state index in [9.17, 15) is 28.6 Å². The molecular weight excluding hydrogens is 610 g/mol. The van der Waals surface area contributed by atoms with Crippen LogP contribution in [-0.2, 0) is 36.8 Å². The SMILES string of the molecule is CCC1CCCOB(O)[C@H]1NC(=O)[C@@H]1C[C@@H](OC(=O)N2Cc3cccc(F)c3C2)CN1C(=O)[C@@H](NC(=O)OC1CCCC1)C(C)(C)C. The number of fused-ring (bicyclic) bond motifs is 1. The molecule has 2 saturated heterocycles. The van der Waals surface area contributed by atoms with Gasteiger partial charge in [-0.2, -0.15) is 0 Å². The van der Waals surface area contributed by atoms with Gasteiger partial charge >= 0.3 is 19.3 Å². The fraction of sp³-hybridized carbons (Fsp3) is 0.697. The minimum Gasteiger partial charge on any atom is -0.446 e. The van der Waals surface area contributed by atoms with Crippen molar-refractivity contribution in [1.29, 1.82) is 0 Å². The molecule has 14 heteroatoms. The summed E-state index contributed by atoms with van der Waals surface area (Å²) in [5.41, 5.74) is 0.370. The number of hydrogen-bond donors (Lipinski definition) is 3. The van der Waals surface area contributed by atoms with Crippen LogP contribution in [0.1, 0.15) is 90.2 Å². The third-order valence-electron chi connectivity index (χ3n) is 9.91. The molecule has 4 aliphatic rings. The molecule has 5 rings (SSSR count). The molecule has 1 aromatic carbocycles. The van der Waals surface area contributed by atoms with Crippen molar-refractivity contribution in [3.63, 3.8) is 0 Å². The van der Waals surface area contributed by atoms with E-state index in [1.807, 2.05) is 27.7 Å². The van der Waals surface area contributed by atoms with Gasteiger partial charge in [0, 0.05) is 25.1 Å². The van der Waals surface area contributed by atoms with Crippen molar-refractivity contribution in [2.45, 2.75) is 122 Å². The average Bonchev–Trinajstić information content (AvgIpc) is 3.76. The summed E-state index contributed by atoms with van der Waals surface area (Å²) < 4.78 is 31.3. The van der Waals surface area contributed by atoms with E-state index in [4.69, 9.17) is 14.1 Å². The van der Waals surface area contributed by atoms with Crippen molar-refractivity contribution in [2.75, 3.05) is 13.2 Å². The second-order valence-electron chi connectivity index (χ2n) is 14.3. The van der Waals surface area contributed by atoms with Crippen molar-refractivity contribution < 1.29 is 42.7 Å². The Morgan fingerprint density at radius 2 is 1.83 bits per heavy atom. The number of nitrogens with zero attached hydrogens (tertiary/aromatic N) is 2. The molecule has 1 aliphatic carbocycles. The van der Waals surface area contributed by atoms with Crippen LogP contribution in [0.2, 0.25) is 0 Å². The Bertz CT molecular complexity index is 1320. The smallest absolute Gasteiger partial charge is 0.446 e. The third-order valence-corrected chi connectivity index (χ3v) is 9.91. The summed E-state index contributed by atoms with van der Waals surface area (Å²) in [4.78, 5) is 57.2. The summed E-state index contributed by atoms with van der Waals surface area (Å²) in [6.07, 6.45) is 3.27. The van der Waals surface area contributed by atoms with E-state index in [0.717, 1.165) is 38.5 Å². The van der Waals surface area contributed by atoms with Crippen LogP contribution in [0.5, 0.6) is 0 Å². The fourth-order valence-corrected chi connectivity index (χ4v) is 7.20. The maximum Gasteiger partial charge on any atom is 0.478 e. The van der Waals surface area contributed by atoms with E-state index in [0.29, 0.717) is 24.2 Å². The van der Waals surface area contributed by atoms with E-state index in [1.54, 1.807) is 12.1 Å². The Morgan fingerprint density at radius 3 is 2.51 bits per heavy atom. The van der Waals surface area contributed by atoms with E-state index < -0.39 is 66.5 Å². The summed E-state index contributed by atoms with van der Waals surface area (Å²) in [6.45, 7) is 7.92. The molecule has 258 valence electrons. The Kier molecular flexibility index (Phi) is 11.0. The first-order valence-electron chi connectivity index (χ1n) is 16.9. The first-order valence-corrected chi connectivity index (χ1v) is 16.9. The topological polar surface area (TPSA) is 147 Å². The van der Waals surface area contributed by atoms with Crippen LogP contribution in [0.4, 0.5) is 14.0 Å². The first-order chi connectivity index (χ1) is 22.3. The van der Waals surface area contributed by atoms with Gasteiger partial charge < -0.3 is 34.7 Å². The van der Waals surface area contributed by atoms with Crippen molar-refractivity contribution >= 4 is 31.1 Å². The van der Waals surface area contributed by atoms with E-state index in [1.165, 1.54) is 15.9 Å². The van der Waals surface area contributed by atoms with Gasteiger partial charge in [-0.15, -0.1) is 0 Å². The van der Waals surface area contributed by atoms with Crippen LogP contribution < -0.4 is 10.6 Å². The number of hydrogen-bond acceptors (Lipinski definition) is 8. The highest BCUT2D eigenvalue weighted by atomic mass is 19.1. The van der Waals surface area contributed by atoms with Gasteiger partial charge in [0.2, 0.25) is 11.8 Å². The van der Waals surface area contributed by atoms with Crippen LogP contribution in [-0.4, -0.2) is 89.3 Å². The number of likely N-dealkylation sites (tertiary alicyclic amines) is 1. The van der Waals surface area contributed by atoms with Gasteiger partial charge in [-0.05, 0) is 61.5 Å². The van der Waals surface area contributed by atoms with Gasteiger partial charge in [0.25, 0.3) is 0 Å². The maximum absolute atomic E-state index is 14.4. The second kappa shape index (κ2) is 14.8. The average molecular weight is 659 g/mol. The molecule has 3 heterocycles. The molecule has 1 saturated carbocycles. The molecule has 4 amide bonds. The Balaban J connectivity index is 1.34. The molecule has 3 aliphatic heterocycles. The standard InChI is InChI=1S/C33H48BFN4O8/c1-5-20-11-9-15-45-34(44)28(20)37-29(40)26-16-23(47-32(43)38-17-21-10-8-14-25(35)24(21)19-38)18-39(26)30(41)27(33(2,3)4)36-31(42)46-22-12-6-7-13-22/h8,10,14,20,22-23,26-28,44H,5-7,9,11-13,15-19H2,1-4H3,(H,36,42)(H,37,40)/t20?,23-,26+,27-,28+/m1/s1. The molecule has 3 fully saturated rings. The predicted molar refractivity (Wildman–Crippen MR) is 170 cm³/mol. The molecule has 0 aromatic heterocycles. The summed E-state index contributed by atoms with van der Waals surface area (Å²) in [6, 6.07) is 2.59. The molecule has 1 aromatic rings. The lowest BCUT2D eigenvalue weighted by Gasteiger charge is -2.36. The third kappa shape index (κ3) is 8.20. The van der Waals surface area contributed by atoms with Crippen molar-refractivity contribution in [1.82, 2.24) is 20.4 Å². The molecule has 0 bridgehead atoms. The minimum atomic E-state index is -1.21. The number of halogens is 1. The quantitative estimate of drug-likeness (QED) is 0.377. The van der Waals surface area contributed by atoms with Gasteiger partial charge in [-0.3, -0.25) is 14.5 Å². The number of carbonyl (C=O) groups is 4. The summed E-state index contributed by atoms with van der Waals surface area (Å²) in [7, 11) is -1.21.